The molecule has 16 heteroatoms. The molecule has 0 aliphatic carbocycles. The predicted molar refractivity (Wildman–Crippen MR) is 333 cm³/mol. The average Bonchev–Trinajstić information content (AvgIpc) is 3.02. The van der Waals surface area contributed by atoms with Crippen LogP contribution in [0.15, 0.2) is 48.5 Å². The van der Waals surface area contributed by atoms with Crippen molar-refractivity contribution in [2.75, 3.05) is 19.8 Å². The first-order valence-corrected chi connectivity index (χ1v) is 33.8. The molecule has 0 amide bonds. The Morgan fingerprint density at radius 1 is 0.442 bits per heavy atom. The van der Waals surface area contributed by atoms with Crippen LogP contribution in [0.25, 0.3) is 0 Å². The van der Waals surface area contributed by atoms with Crippen LogP contribution >= 0.6 is 0 Å². The summed E-state index contributed by atoms with van der Waals surface area (Å²) >= 11 is 0. The number of hydrogen-bond donors (Lipinski definition) is 6. The van der Waals surface area contributed by atoms with E-state index in [0.29, 0.717) is 29.9 Å². The molecular formula is C70H112O16. The molecule has 2 aliphatic rings. The molecule has 488 valence electrons. The van der Waals surface area contributed by atoms with Crippen molar-refractivity contribution in [2.24, 2.45) is 0 Å². The molecule has 86 heavy (non-hydrogen) atoms. The number of ketones is 1. The molecule has 0 unspecified atom stereocenters. The average molecular weight is 1210 g/mol. The van der Waals surface area contributed by atoms with E-state index < -0.39 is 86.6 Å². The van der Waals surface area contributed by atoms with E-state index in [4.69, 9.17) is 39.9 Å². The zero-order valence-corrected chi connectivity index (χ0v) is 52.4. The number of terminal acetylenes is 1. The van der Waals surface area contributed by atoms with Gasteiger partial charge in [-0.15, -0.1) is 12.3 Å². The minimum Gasteiger partial charge on any atom is -0.494 e. The predicted octanol–water partition coefficient (Wildman–Crippen LogP) is 13.4. The normalized spacial score (nSPS) is 22.1. The quantitative estimate of drug-likeness (QED) is 0.00902. The number of hydrogen-bond acceptors (Lipinski definition) is 16. The van der Waals surface area contributed by atoms with Crippen molar-refractivity contribution >= 4 is 17.7 Å². The fourth-order valence-electron chi connectivity index (χ4n) is 11.2. The smallest absolute Gasteiger partial charge is 0.373 e. The molecule has 4 rings (SSSR count). The maximum absolute atomic E-state index is 13.3. The third kappa shape index (κ3) is 31.0. The standard InChI is InChI=1S/C70H112O16/c1-3-5-7-9-11-13-15-17-19-21-23-25-27-29-31-33-35-37-39-41-51-80-57-49-47-55(48-50-57)61(72)54-43-45-56(46-44-54)68(79)86-82-53-59-63(74)65(76)67(78)70(84-59)85-69-66(77)64(75)62(73)58(83-69)52-81-60(71)42-40-38-36-34-32-30-28-26-24-22-20-18-16-14-12-10-8-6-4-2/h1,43-50,58-59,62-67,69-70,73-78H,4-42,51-53H2,2H3/t58-,59-,62-,63-,64+,65+,66-,67-,69-,70-/m1/s1. The summed E-state index contributed by atoms with van der Waals surface area (Å²) in [5.74, 6) is 1.69. The van der Waals surface area contributed by atoms with Crippen LogP contribution in [-0.2, 0) is 33.5 Å². The van der Waals surface area contributed by atoms with Gasteiger partial charge in [-0.2, -0.15) is 4.89 Å². The molecule has 16 nitrogen and oxygen atoms in total. The van der Waals surface area contributed by atoms with Crippen LogP contribution in [0, 0.1) is 12.3 Å². The molecule has 0 radical (unpaired) electrons. The summed E-state index contributed by atoms with van der Waals surface area (Å²) in [5.41, 5.74) is 0.816. The lowest BCUT2D eigenvalue weighted by Gasteiger charge is -2.44. The van der Waals surface area contributed by atoms with Gasteiger partial charge in [0.2, 0.25) is 0 Å². The fourth-order valence-corrected chi connectivity index (χ4v) is 11.2. The fraction of sp³-hybridized carbons (Fsp3) is 0.757. The van der Waals surface area contributed by atoms with E-state index in [9.17, 15) is 45.0 Å². The van der Waals surface area contributed by atoms with Crippen LogP contribution < -0.4 is 4.74 Å². The highest BCUT2D eigenvalue weighted by atomic mass is 17.2. The van der Waals surface area contributed by atoms with Crippen molar-refractivity contribution in [3.05, 3.63) is 65.2 Å². The van der Waals surface area contributed by atoms with Gasteiger partial charge in [0.25, 0.3) is 0 Å². The van der Waals surface area contributed by atoms with E-state index in [0.717, 1.165) is 38.5 Å². The molecule has 2 aromatic rings. The zero-order valence-electron chi connectivity index (χ0n) is 52.4. The first-order valence-electron chi connectivity index (χ1n) is 33.8. The zero-order chi connectivity index (χ0) is 61.8. The molecular weight excluding hydrogens is 1100 g/mol. The van der Waals surface area contributed by atoms with Gasteiger partial charge in [0, 0.05) is 24.0 Å². The number of aliphatic hydroxyl groups is 6. The minimum absolute atomic E-state index is 0.0408. The third-order valence-corrected chi connectivity index (χ3v) is 16.8. The van der Waals surface area contributed by atoms with Crippen LogP contribution in [0.1, 0.15) is 284 Å². The lowest BCUT2D eigenvalue weighted by molar-refractivity contribution is -0.383. The highest BCUT2D eigenvalue weighted by molar-refractivity contribution is 6.09. The molecule has 2 heterocycles. The van der Waals surface area contributed by atoms with Crippen molar-refractivity contribution in [3.8, 4) is 18.1 Å². The van der Waals surface area contributed by atoms with E-state index in [-0.39, 0.29) is 17.8 Å². The van der Waals surface area contributed by atoms with Gasteiger partial charge in [0.1, 0.15) is 67.8 Å². The van der Waals surface area contributed by atoms with Crippen molar-refractivity contribution < 1.29 is 78.5 Å². The van der Waals surface area contributed by atoms with Crippen LogP contribution in [-0.4, -0.2) is 130 Å². The number of unbranched alkanes of at least 4 members (excludes halogenated alkanes) is 36. The molecule has 2 aromatic carbocycles. The van der Waals surface area contributed by atoms with Crippen molar-refractivity contribution in [1.29, 1.82) is 0 Å². The molecule has 2 aliphatic heterocycles. The lowest BCUT2D eigenvalue weighted by atomic mass is 9.98. The number of carbonyl (C=O) groups excluding carboxylic acids is 3. The maximum Gasteiger partial charge on any atom is 0.373 e. The molecule has 2 fully saturated rings. The van der Waals surface area contributed by atoms with E-state index in [1.54, 1.807) is 24.3 Å². The minimum atomic E-state index is -1.90. The highest BCUT2D eigenvalue weighted by Gasteiger charge is 2.50. The lowest BCUT2D eigenvalue weighted by Crippen LogP contribution is -2.64. The number of aliphatic hydroxyl groups excluding tert-OH is 6. The van der Waals surface area contributed by atoms with Gasteiger partial charge >= 0.3 is 11.9 Å². The topological polar surface area (TPSA) is 237 Å². The monoisotopic (exact) mass is 1210 g/mol. The Balaban J connectivity index is 1.04. The second-order valence-corrected chi connectivity index (χ2v) is 24.2. The summed E-state index contributed by atoms with van der Waals surface area (Å²) in [7, 11) is 0. The summed E-state index contributed by atoms with van der Waals surface area (Å²) < 4.78 is 28.2. The van der Waals surface area contributed by atoms with Crippen molar-refractivity contribution in [2.45, 2.75) is 319 Å². The molecule has 0 spiro atoms. The van der Waals surface area contributed by atoms with Gasteiger partial charge in [-0.3, -0.25) is 14.5 Å². The number of carbonyl (C=O) groups is 3. The van der Waals surface area contributed by atoms with Crippen molar-refractivity contribution in [3.63, 3.8) is 0 Å². The maximum atomic E-state index is 13.3. The number of ether oxygens (including phenoxy) is 5. The second kappa shape index (κ2) is 47.0. The highest BCUT2D eigenvalue weighted by Crippen LogP contribution is 2.29. The Kier molecular flexibility index (Phi) is 40.7. The summed E-state index contributed by atoms with van der Waals surface area (Å²) in [5, 5.41) is 64.2. The summed E-state index contributed by atoms with van der Waals surface area (Å²) in [6, 6.07) is 12.7. The second-order valence-electron chi connectivity index (χ2n) is 24.2. The van der Waals surface area contributed by atoms with Gasteiger partial charge in [-0.05, 0) is 55.7 Å². The first-order chi connectivity index (χ1) is 41.9. The molecule has 0 aromatic heterocycles. The van der Waals surface area contributed by atoms with Gasteiger partial charge in [-0.1, -0.05) is 237 Å². The molecule has 6 N–H and O–H groups in total. The number of rotatable bonds is 51. The largest absolute Gasteiger partial charge is 0.494 e. The van der Waals surface area contributed by atoms with Gasteiger partial charge in [-0.25, -0.2) is 4.79 Å². The van der Waals surface area contributed by atoms with Crippen LogP contribution in [0.2, 0.25) is 0 Å². The summed E-state index contributed by atoms with van der Waals surface area (Å²) in [4.78, 5) is 48.8. The number of benzene rings is 2. The first kappa shape index (κ1) is 74.5. The molecule has 10 atom stereocenters. The SMILES string of the molecule is C#CCCCCCCCCCCCCCCCCCCCCOc1ccc(C(=O)c2ccc(C(=O)OOC[C@H]3O[C@H](O[C@H]4O[C@H](COC(=O)CCCCCCCCCCCCCCCCCCCCC)[C@@H](O)[C@H](O)[C@H]4O)[C@H](O)[C@@H](O)[C@@H]3O)cc2)cc1. The Morgan fingerprint density at radius 3 is 1.22 bits per heavy atom. The van der Waals surface area contributed by atoms with E-state index in [1.807, 2.05) is 0 Å². The Morgan fingerprint density at radius 2 is 0.802 bits per heavy atom. The van der Waals surface area contributed by atoms with Crippen molar-refractivity contribution in [1.82, 2.24) is 0 Å². The van der Waals surface area contributed by atoms with E-state index in [1.165, 1.54) is 223 Å². The van der Waals surface area contributed by atoms with Crippen LogP contribution in [0.3, 0.4) is 0 Å². The molecule has 2 saturated heterocycles. The Hall–Kier alpha value is -3.99. The third-order valence-electron chi connectivity index (χ3n) is 16.8. The van der Waals surface area contributed by atoms with E-state index in [2.05, 4.69) is 12.8 Å². The Labute approximate surface area is 516 Å². The summed E-state index contributed by atoms with van der Waals surface area (Å²) in [6.45, 7) is 1.74. The van der Waals surface area contributed by atoms with Gasteiger partial charge < -0.3 is 54.3 Å². The van der Waals surface area contributed by atoms with Crippen LogP contribution in [0.4, 0.5) is 0 Å². The summed E-state index contributed by atoms with van der Waals surface area (Å²) in [6.07, 6.45) is 35.9. The molecule has 0 bridgehead atoms. The Bertz CT molecular complexity index is 2080. The van der Waals surface area contributed by atoms with Gasteiger partial charge in [0.15, 0.2) is 18.4 Å². The van der Waals surface area contributed by atoms with Crippen LogP contribution in [0.5, 0.6) is 5.75 Å². The molecule has 0 saturated carbocycles. The number of esters is 1. The van der Waals surface area contributed by atoms with Gasteiger partial charge in [0.05, 0.1) is 12.2 Å². The van der Waals surface area contributed by atoms with E-state index >= 15 is 0 Å².